The van der Waals surface area contributed by atoms with E-state index in [0.29, 0.717) is 11.1 Å². The van der Waals surface area contributed by atoms with Gasteiger partial charge < -0.3 is 0 Å². The highest BCUT2D eigenvalue weighted by atomic mass is 32.2. The van der Waals surface area contributed by atoms with E-state index in [0.717, 1.165) is 16.0 Å². The molecule has 0 aliphatic carbocycles. The third-order valence-corrected chi connectivity index (χ3v) is 4.44. The molecule has 0 aromatic heterocycles. The van der Waals surface area contributed by atoms with E-state index in [9.17, 15) is 9.59 Å². The molecule has 100 valence electrons. The highest BCUT2D eigenvalue weighted by molar-refractivity contribution is 7.98. The Labute approximate surface area is 121 Å². The standard InChI is InChI=1S/C16H13NO2S/c1-10-7-8-11(2)14(9-10)20-17-15(18)12-5-3-4-6-13(12)16(17)19/h3-9H,1-2H3. The van der Waals surface area contributed by atoms with Crippen molar-refractivity contribution in [2.45, 2.75) is 18.7 Å². The number of rotatable bonds is 2. The second-order valence-electron chi connectivity index (χ2n) is 4.81. The molecule has 0 saturated heterocycles. The van der Waals surface area contributed by atoms with Crippen LogP contribution in [0.4, 0.5) is 0 Å². The minimum atomic E-state index is -0.239. The maximum Gasteiger partial charge on any atom is 0.272 e. The second-order valence-corrected chi connectivity index (χ2v) is 5.80. The van der Waals surface area contributed by atoms with E-state index >= 15 is 0 Å². The highest BCUT2D eigenvalue weighted by Crippen LogP contribution is 2.34. The van der Waals surface area contributed by atoms with Crippen molar-refractivity contribution in [1.82, 2.24) is 4.31 Å². The molecule has 1 heterocycles. The lowest BCUT2D eigenvalue weighted by molar-refractivity contribution is 0.0777. The van der Waals surface area contributed by atoms with Crippen LogP contribution < -0.4 is 0 Å². The smallest absolute Gasteiger partial charge is 0.268 e. The van der Waals surface area contributed by atoms with Gasteiger partial charge in [0.1, 0.15) is 0 Å². The van der Waals surface area contributed by atoms with E-state index in [2.05, 4.69) is 0 Å². The van der Waals surface area contributed by atoms with Gasteiger partial charge in [-0.15, -0.1) is 0 Å². The van der Waals surface area contributed by atoms with Crippen LogP contribution in [0.5, 0.6) is 0 Å². The first-order valence-corrected chi connectivity index (χ1v) is 7.08. The van der Waals surface area contributed by atoms with Gasteiger partial charge in [0.05, 0.1) is 11.1 Å². The molecule has 0 atom stereocenters. The van der Waals surface area contributed by atoms with Crippen molar-refractivity contribution >= 4 is 23.8 Å². The third kappa shape index (κ3) is 2.02. The van der Waals surface area contributed by atoms with E-state index in [1.165, 1.54) is 16.3 Å². The molecule has 0 saturated carbocycles. The summed E-state index contributed by atoms with van der Waals surface area (Å²) >= 11 is 1.20. The Kier molecular flexibility index (Phi) is 3.10. The lowest BCUT2D eigenvalue weighted by Gasteiger charge is -2.14. The molecule has 0 spiro atoms. The van der Waals surface area contributed by atoms with E-state index in [1.807, 2.05) is 32.0 Å². The first-order chi connectivity index (χ1) is 9.58. The van der Waals surface area contributed by atoms with Crippen LogP contribution in [0.1, 0.15) is 31.8 Å². The summed E-state index contributed by atoms with van der Waals surface area (Å²) in [5.74, 6) is -0.479. The average molecular weight is 283 g/mol. The van der Waals surface area contributed by atoms with Gasteiger partial charge in [0.2, 0.25) is 0 Å². The Bertz CT molecular complexity index is 689. The third-order valence-electron chi connectivity index (χ3n) is 3.29. The summed E-state index contributed by atoms with van der Waals surface area (Å²) in [6.45, 7) is 3.96. The van der Waals surface area contributed by atoms with Crippen LogP contribution in [0.3, 0.4) is 0 Å². The van der Waals surface area contributed by atoms with Gasteiger partial charge >= 0.3 is 0 Å². The van der Waals surface area contributed by atoms with E-state index in [-0.39, 0.29) is 11.8 Å². The van der Waals surface area contributed by atoms with Crippen LogP contribution in [-0.4, -0.2) is 16.1 Å². The summed E-state index contributed by atoms with van der Waals surface area (Å²) in [5.41, 5.74) is 3.12. The highest BCUT2D eigenvalue weighted by Gasteiger charge is 2.36. The van der Waals surface area contributed by atoms with Crippen molar-refractivity contribution < 1.29 is 9.59 Å². The maximum atomic E-state index is 12.3. The number of aryl methyl sites for hydroxylation is 2. The van der Waals surface area contributed by atoms with Crippen molar-refractivity contribution in [3.05, 3.63) is 64.7 Å². The number of fused-ring (bicyclic) bond motifs is 1. The molecule has 0 N–H and O–H groups in total. The summed E-state index contributed by atoms with van der Waals surface area (Å²) in [7, 11) is 0. The van der Waals surface area contributed by atoms with Crippen molar-refractivity contribution in [2.75, 3.05) is 0 Å². The van der Waals surface area contributed by atoms with Crippen LogP contribution in [-0.2, 0) is 0 Å². The Morgan fingerprint density at radius 2 is 1.50 bits per heavy atom. The monoisotopic (exact) mass is 283 g/mol. The summed E-state index contributed by atoms with van der Waals surface area (Å²) < 4.78 is 1.24. The van der Waals surface area contributed by atoms with Gasteiger partial charge in [-0.1, -0.05) is 24.3 Å². The molecule has 0 bridgehead atoms. The quantitative estimate of drug-likeness (QED) is 0.624. The van der Waals surface area contributed by atoms with Crippen molar-refractivity contribution in [2.24, 2.45) is 0 Å². The Hall–Kier alpha value is -2.07. The molecule has 1 aliphatic rings. The molecule has 0 fully saturated rings. The molecule has 0 radical (unpaired) electrons. The van der Waals surface area contributed by atoms with E-state index in [4.69, 9.17) is 0 Å². The summed E-state index contributed by atoms with van der Waals surface area (Å²) in [6.07, 6.45) is 0. The number of imide groups is 1. The Morgan fingerprint density at radius 3 is 2.10 bits per heavy atom. The fourth-order valence-corrected chi connectivity index (χ4v) is 3.16. The minimum Gasteiger partial charge on any atom is -0.268 e. The normalized spacial score (nSPS) is 13.8. The number of carbonyl (C=O) groups excluding carboxylic acids is 2. The van der Waals surface area contributed by atoms with Gasteiger partial charge in [-0.05, 0) is 55.1 Å². The molecule has 4 heteroatoms. The summed E-state index contributed by atoms with van der Waals surface area (Å²) in [6, 6.07) is 12.9. The lowest BCUT2D eigenvalue weighted by atomic mass is 10.1. The second kappa shape index (κ2) is 4.80. The molecular formula is C16H13NO2S. The zero-order valence-corrected chi connectivity index (χ0v) is 12.0. The zero-order valence-electron chi connectivity index (χ0n) is 11.2. The van der Waals surface area contributed by atoms with Gasteiger partial charge in [0.25, 0.3) is 11.8 Å². The molecule has 1 aliphatic heterocycles. The number of hydrogen-bond donors (Lipinski definition) is 0. The van der Waals surface area contributed by atoms with Crippen LogP contribution in [0.25, 0.3) is 0 Å². The van der Waals surface area contributed by atoms with Crippen LogP contribution in [0, 0.1) is 13.8 Å². The number of amides is 2. The summed E-state index contributed by atoms with van der Waals surface area (Å²) in [4.78, 5) is 25.5. The number of benzene rings is 2. The van der Waals surface area contributed by atoms with Gasteiger partial charge in [-0.3, -0.25) is 9.59 Å². The van der Waals surface area contributed by atoms with E-state index < -0.39 is 0 Å². The maximum absolute atomic E-state index is 12.3. The van der Waals surface area contributed by atoms with E-state index in [1.54, 1.807) is 24.3 Å². The number of hydrogen-bond acceptors (Lipinski definition) is 3. The fraction of sp³-hybridized carbons (Fsp3) is 0.125. The molecule has 2 amide bonds. The topological polar surface area (TPSA) is 37.4 Å². The van der Waals surface area contributed by atoms with Crippen molar-refractivity contribution in [3.63, 3.8) is 0 Å². The molecule has 3 nitrogen and oxygen atoms in total. The van der Waals surface area contributed by atoms with Crippen molar-refractivity contribution in [1.29, 1.82) is 0 Å². The first-order valence-electron chi connectivity index (χ1n) is 6.31. The predicted molar refractivity (Wildman–Crippen MR) is 78.7 cm³/mol. The fourth-order valence-electron chi connectivity index (χ4n) is 2.15. The van der Waals surface area contributed by atoms with Crippen LogP contribution >= 0.6 is 11.9 Å². The lowest BCUT2D eigenvalue weighted by Crippen LogP contribution is -2.22. The Morgan fingerprint density at radius 1 is 0.900 bits per heavy atom. The largest absolute Gasteiger partial charge is 0.272 e. The Balaban J connectivity index is 1.96. The first kappa shape index (κ1) is 12.9. The molecule has 2 aromatic carbocycles. The molecule has 3 rings (SSSR count). The molecule has 2 aromatic rings. The number of nitrogens with zero attached hydrogens (tertiary/aromatic N) is 1. The van der Waals surface area contributed by atoms with Crippen LogP contribution in [0.15, 0.2) is 47.4 Å². The predicted octanol–water partition coefficient (Wildman–Crippen LogP) is 3.61. The SMILES string of the molecule is Cc1ccc(C)c(SN2C(=O)c3ccccc3C2=O)c1. The molecule has 20 heavy (non-hydrogen) atoms. The zero-order chi connectivity index (χ0) is 14.3. The van der Waals surface area contributed by atoms with Gasteiger partial charge in [-0.25, -0.2) is 4.31 Å². The minimum absolute atomic E-state index is 0.239. The van der Waals surface area contributed by atoms with Gasteiger partial charge in [-0.2, -0.15) is 0 Å². The van der Waals surface area contributed by atoms with Crippen molar-refractivity contribution in [3.8, 4) is 0 Å². The molecular weight excluding hydrogens is 270 g/mol. The van der Waals surface area contributed by atoms with Crippen LogP contribution in [0.2, 0.25) is 0 Å². The molecule has 0 unspecified atom stereocenters. The average Bonchev–Trinajstić information content (AvgIpc) is 2.68. The van der Waals surface area contributed by atoms with Gasteiger partial charge in [0, 0.05) is 4.90 Å². The summed E-state index contributed by atoms with van der Waals surface area (Å²) in [5, 5.41) is 0. The van der Waals surface area contributed by atoms with Gasteiger partial charge in [0.15, 0.2) is 0 Å². The number of carbonyl (C=O) groups is 2.